The summed E-state index contributed by atoms with van der Waals surface area (Å²) in [6, 6.07) is -0.495. The lowest BCUT2D eigenvalue weighted by Crippen LogP contribution is -2.50. The Hall–Kier alpha value is -0.610. The minimum atomic E-state index is -0.495. The Labute approximate surface area is 90.8 Å². The minimum absolute atomic E-state index is 0.263. The highest BCUT2D eigenvalue weighted by Gasteiger charge is 2.40. The van der Waals surface area contributed by atoms with Crippen LogP contribution in [0.2, 0.25) is 0 Å². The Bertz CT molecular complexity index is 231. The van der Waals surface area contributed by atoms with Crippen molar-refractivity contribution in [3.05, 3.63) is 0 Å². The molecule has 1 unspecified atom stereocenters. The Balaban J connectivity index is 1.85. The monoisotopic (exact) mass is 212 g/mol. The molecule has 2 bridgehead atoms. The first-order chi connectivity index (χ1) is 7.11. The molecule has 0 saturated carbocycles. The van der Waals surface area contributed by atoms with E-state index < -0.39 is 6.04 Å². The molecule has 0 spiro atoms. The standard InChI is InChI=1S/C11H20N2O2/c1-9(12)10(14)15-8-11-2-5-13(6-3-11)7-4-11/h9H,2-8,12H2,1H3. The van der Waals surface area contributed by atoms with Gasteiger partial charge >= 0.3 is 5.97 Å². The Kier molecular flexibility index (Phi) is 2.98. The van der Waals surface area contributed by atoms with E-state index in [1.807, 2.05) is 0 Å². The zero-order chi connectivity index (χ0) is 10.9. The van der Waals surface area contributed by atoms with E-state index in [0.29, 0.717) is 6.61 Å². The Morgan fingerprint density at radius 1 is 1.40 bits per heavy atom. The van der Waals surface area contributed by atoms with Crippen LogP contribution < -0.4 is 5.73 Å². The van der Waals surface area contributed by atoms with Crippen LogP contribution in [0.15, 0.2) is 0 Å². The fraction of sp³-hybridized carbons (Fsp3) is 0.909. The molecule has 15 heavy (non-hydrogen) atoms. The van der Waals surface area contributed by atoms with Gasteiger partial charge < -0.3 is 15.4 Å². The molecule has 4 heteroatoms. The third-order valence-electron chi connectivity index (χ3n) is 3.77. The van der Waals surface area contributed by atoms with E-state index in [1.165, 1.54) is 19.3 Å². The molecule has 0 aromatic heterocycles. The van der Waals surface area contributed by atoms with E-state index in [9.17, 15) is 4.79 Å². The molecule has 0 radical (unpaired) electrons. The quantitative estimate of drug-likeness (QED) is 0.686. The average molecular weight is 212 g/mol. The highest BCUT2D eigenvalue weighted by molar-refractivity contribution is 5.74. The molecule has 3 aliphatic heterocycles. The zero-order valence-corrected chi connectivity index (χ0v) is 9.37. The largest absolute Gasteiger partial charge is 0.464 e. The van der Waals surface area contributed by atoms with Crippen LogP contribution >= 0.6 is 0 Å². The Morgan fingerprint density at radius 3 is 2.40 bits per heavy atom. The molecule has 3 fully saturated rings. The van der Waals surface area contributed by atoms with E-state index in [4.69, 9.17) is 10.5 Å². The van der Waals surface area contributed by atoms with Crippen LogP contribution in [0.1, 0.15) is 26.2 Å². The molecule has 4 nitrogen and oxygen atoms in total. The molecule has 0 amide bonds. The van der Waals surface area contributed by atoms with Crippen molar-refractivity contribution in [3.63, 3.8) is 0 Å². The van der Waals surface area contributed by atoms with E-state index in [1.54, 1.807) is 6.92 Å². The van der Waals surface area contributed by atoms with Gasteiger partial charge in [0.05, 0.1) is 6.61 Å². The van der Waals surface area contributed by atoms with Crippen molar-refractivity contribution in [3.8, 4) is 0 Å². The number of hydrogen-bond donors (Lipinski definition) is 1. The first kappa shape index (κ1) is 10.9. The number of nitrogens with zero attached hydrogens (tertiary/aromatic N) is 1. The van der Waals surface area contributed by atoms with Crippen molar-refractivity contribution in [2.75, 3.05) is 26.2 Å². The van der Waals surface area contributed by atoms with Crippen LogP contribution in [0.4, 0.5) is 0 Å². The number of rotatable bonds is 3. The van der Waals surface area contributed by atoms with Crippen molar-refractivity contribution < 1.29 is 9.53 Å². The molecule has 3 rings (SSSR count). The molecule has 3 aliphatic rings. The smallest absolute Gasteiger partial charge is 0.322 e. The number of hydrogen-bond acceptors (Lipinski definition) is 4. The number of esters is 1. The molecule has 2 N–H and O–H groups in total. The molecule has 3 saturated heterocycles. The summed E-state index contributed by atoms with van der Waals surface area (Å²) in [4.78, 5) is 13.8. The van der Waals surface area contributed by atoms with Gasteiger partial charge in [0.25, 0.3) is 0 Å². The van der Waals surface area contributed by atoms with Crippen molar-refractivity contribution in [2.24, 2.45) is 11.1 Å². The number of fused-ring (bicyclic) bond motifs is 3. The minimum Gasteiger partial charge on any atom is -0.464 e. The van der Waals surface area contributed by atoms with Crippen molar-refractivity contribution >= 4 is 5.97 Å². The van der Waals surface area contributed by atoms with Crippen molar-refractivity contribution in [1.29, 1.82) is 0 Å². The van der Waals surface area contributed by atoms with Gasteiger partial charge in [-0.1, -0.05) is 0 Å². The molecule has 3 heterocycles. The number of carbonyl (C=O) groups is 1. The maximum absolute atomic E-state index is 11.3. The van der Waals surface area contributed by atoms with Gasteiger partial charge in [-0.15, -0.1) is 0 Å². The van der Waals surface area contributed by atoms with Gasteiger partial charge in [-0.3, -0.25) is 4.79 Å². The van der Waals surface area contributed by atoms with Crippen LogP contribution in [0, 0.1) is 5.41 Å². The highest BCUT2D eigenvalue weighted by atomic mass is 16.5. The van der Waals surface area contributed by atoms with Crippen LogP contribution in [0.25, 0.3) is 0 Å². The first-order valence-electron chi connectivity index (χ1n) is 5.76. The van der Waals surface area contributed by atoms with Gasteiger partial charge in [-0.05, 0) is 45.8 Å². The third-order valence-corrected chi connectivity index (χ3v) is 3.77. The second-order valence-corrected chi connectivity index (χ2v) is 4.99. The lowest BCUT2D eigenvalue weighted by Gasteiger charge is -2.47. The number of piperidine rings is 3. The van der Waals surface area contributed by atoms with Crippen LogP contribution in [-0.2, 0) is 9.53 Å². The summed E-state index contributed by atoms with van der Waals surface area (Å²) >= 11 is 0. The third kappa shape index (κ3) is 2.32. The summed E-state index contributed by atoms with van der Waals surface area (Å²) in [6.07, 6.45) is 3.50. The van der Waals surface area contributed by atoms with Gasteiger partial charge in [-0.25, -0.2) is 0 Å². The summed E-state index contributed by atoms with van der Waals surface area (Å²) in [7, 11) is 0. The number of carbonyl (C=O) groups excluding carboxylic acids is 1. The average Bonchev–Trinajstić information content (AvgIpc) is 2.28. The second-order valence-electron chi connectivity index (χ2n) is 4.99. The first-order valence-corrected chi connectivity index (χ1v) is 5.76. The second kappa shape index (κ2) is 4.10. The fourth-order valence-corrected chi connectivity index (χ4v) is 2.47. The van der Waals surface area contributed by atoms with Crippen molar-refractivity contribution in [2.45, 2.75) is 32.2 Å². The summed E-state index contributed by atoms with van der Waals surface area (Å²) in [5, 5.41) is 0. The molecule has 0 aromatic rings. The summed E-state index contributed by atoms with van der Waals surface area (Å²) in [5.41, 5.74) is 5.73. The highest BCUT2D eigenvalue weighted by Crippen LogP contribution is 2.40. The van der Waals surface area contributed by atoms with E-state index in [0.717, 1.165) is 19.6 Å². The predicted molar refractivity (Wildman–Crippen MR) is 57.3 cm³/mol. The summed E-state index contributed by atoms with van der Waals surface area (Å²) in [5.74, 6) is -0.266. The molecular formula is C11H20N2O2. The topological polar surface area (TPSA) is 55.6 Å². The molecule has 1 atom stereocenters. The molecule has 86 valence electrons. The Morgan fingerprint density at radius 2 is 1.93 bits per heavy atom. The number of ether oxygens (including phenoxy) is 1. The van der Waals surface area contributed by atoms with Crippen LogP contribution in [-0.4, -0.2) is 43.2 Å². The normalized spacial score (nSPS) is 36.3. The summed E-state index contributed by atoms with van der Waals surface area (Å²) < 4.78 is 5.28. The predicted octanol–water partition coefficient (Wildman–Crippen LogP) is 0.363. The van der Waals surface area contributed by atoms with Gasteiger partial charge in [0.15, 0.2) is 0 Å². The van der Waals surface area contributed by atoms with Crippen molar-refractivity contribution in [1.82, 2.24) is 4.90 Å². The van der Waals surface area contributed by atoms with Gasteiger partial charge in [0, 0.05) is 5.41 Å². The molecule has 0 aliphatic carbocycles. The lowest BCUT2D eigenvalue weighted by atomic mass is 9.73. The van der Waals surface area contributed by atoms with Gasteiger partial charge in [0.2, 0.25) is 0 Å². The maximum Gasteiger partial charge on any atom is 0.322 e. The summed E-state index contributed by atoms with van der Waals surface area (Å²) in [6.45, 7) is 5.73. The number of nitrogens with two attached hydrogens (primary N) is 1. The lowest BCUT2D eigenvalue weighted by molar-refractivity contribution is -0.151. The van der Waals surface area contributed by atoms with Gasteiger partial charge in [0.1, 0.15) is 6.04 Å². The fourth-order valence-electron chi connectivity index (χ4n) is 2.47. The SMILES string of the molecule is CC(N)C(=O)OCC12CCN(CC1)CC2. The van der Waals surface area contributed by atoms with Crippen LogP contribution in [0.5, 0.6) is 0 Å². The maximum atomic E-state index is 11.3. The van der Waals surface area contributed by atoms with Gasteiger partial charge in [-0.2, -0.15) is 0 Å². The van der Waals surface area contributed by atoms with E-state index in [2.05, 4.69) is 4.90 Å². The van der Waals surface area contributed by atoms with Crippen LogP contribution in [0.3, 0.4) is 0 Å². The molecule has 0 aromatic carbocycles. The van der Waals surface area contributed by atoms with E-state index in [-0.39, 0.29) is 11.4 Å². The zero-order valence-electron chi connectivity index (χ0n) is 9.37. The molecular weight excluding hydrogens is 192 g/mol. The van der Waals surface area contributed by atoms with E-state index >= 15 is 0 Å².